The van der Waals surface area contributed by atoms with Crippen LogP contribution < -0.4 is 10.1 Å². The van der Waals surface area contributed by atoms with Crippen LogP contribution in [0.1, 0.15) is 5.56 Å². The van der Waals surface area contributed by atoms with E-state index in [0.29, 0.717) is 0 Å². The van der Waals surface area contributed by atoms with Gasteiger partial charge in [-0.15, -0.1) is 0 Å². The lowest BCUT2D eigenvalue weighted by Crippen LogP contribution is -1.99. The van der Waals surface area contributed by atoms with Crippen molar-refractivity contribution in [2.24, 2.45) is 0 Å². The molecule has 1 aromatic heterocycles. The summed E-state index contributed by atoms with van der Waals surface area (Å²) in [5.74, 6) is 0.851. The van der Waals surface area contributed by atoms with Gasteiger partial charge >= 0.3 is 0 Å². The normalized spacial score (nSPS) is 10.0. The number of benzene rings is 1. The summed E-state index contributed by atoms with van der Waals surface area (Å²) in [6, 6.07) is 11.8. The lowest BCUT2D eigenvalue weighted by atomic mass is 10.2. The Balaban J connectivity index is 1.99. The van der Waals surface area contributed by atoms with E-state index in [1.807, 2.05) is 42.6 Å². The van der Waals surface area contributed by atoms with Crippen molar-refractivity contribution in [3.8, 4) is 5.75 Å². The van der Waals surface area contributed by atoms with Crippen LogP contribution in [-0.4, -0.2) is 12.1 Å². The van der Waals surface area contributed by atoms with Gasteiger partial charge in [-0.2, -0.15) is 0 Å². The van der Waals surface area contributed by atoms with E-state index in [-0.39, 0.29) is 0 Å². The zero-order valence-corrected chi connectivity index (χ0v) is 11.1. The standard InChI is InChI=1S/C13H13BrN2O/c1-17-12-4-2-3-11(7-12)15-8-10-5-6-13(14)16-9-10/h2-7,9,15H,8H2,1H3. The predicted octanol–water partition coefficient (Wildman–Crippen LogP) is 3.46. The van der Waals surface area contributed by atoms with Gasteiger partial charge in [0.1, 0.15) is 10.4 Å². The minimum Gasteiger partial charge on any atom is -0.497 e. The van der Waals surface area contributed by atoms with E-state index in [1.54, 1.807) is 7.11 Å². The molecular formula is C13H13BrN2O. The van der Waals surface area contributed by atoms with Crippen molar-refractivity contribution >= 4 is 21.6 Å². The lowest BCUT2D eigenvalue weighted by Gasteiger charge is -2.07. The van der Waals surface area contributed by atoms with Gasteiger partial charge in [0.15, 0.2) is 0 Å². The smallest absolute Gasteiger partial charge is 0.120 e. The van der Waals surface area contributed by atoms with E-state index in [2.05, 4.69) is 26.2 Å². The van der Waals surface area contributed by atoms with Crippen LogP contribution in [0.3, 0.4) is 0 Å². The molecule has 0 radical (unpaired) electrons. The molecule has 2 rings (SSSR count). The van der Waals surface area contributed by atoms with E-state index in [9.17, 15) is 0 Å². The maximum atomic E-state index is 5.16. The molecule has 0 aliphatic heterocycles. The van der Waals surface area contributed by atoms with Crippen molar-refractivity contribution in [2.75, 3.05) is 12.4 Å². The molecule has 4 heteroatoms. The second kappa shape index (κ2) is 5.68. The van der Waals surface area contributed by atoms with E-state index >= 15 is 0 Å². The third-order valence-corrected chi connectivity index (χ3v) is 2.82. The number of rotatable bonds is 4. The number of nitrogens with one attached hydrogen (secondary N) is 1. The third kappa shape index (κ3) is 3.46. The Morgan fingerprint density at radius 3 is 2.88 bits per heavy atom. The topological polar surface area (TPSA) is 34.1 Å². The quantitative estimate of drug-likeness (QED) is 0.877. The van der Waals surface area contributed by atoms with Crippen LogP contribution in [0.5, 0.6) is 5.75 Å². The Hall–Kier alpha value is -1.55. The monoisotopic (exact) mass is 292 g/mol. The molecule has 88 valence electrons. The maximum Gasteiger partial charge on any atom is 0.120 e. The van der Waals surface area contributed by atoms with Gasteiger partial charge in [-0.05, 0) is 39.7 Å². The second-order valence-corrected chi connectivity index (χ2v) is 4.39. The zero-order chi connectivity index (χ0) is 12.1. The van der Waals surface area contributed by atoms with Gasteiger partial charge in [-0.3, -0.25) is 0 Å². The SMILES string of the molecule is COc1cccc(NCc2ccc(Br)nc2)c1. The molecule has 0 atom stereocenters. The number of pyridine rings is 1. The molecule has 0 fully saturated rings. The van der Waals surface area contributed by atoms with Crippen molar-refractivity contribution < 1.29 is 4.74 Å². The number of hydrogen-bond donors (Lipinski definition) is 1. The highest BCUT2D eigenvalue weighted by Gasteiger charge is 1.97. The summed E-state index contributed by atoms with van der Waals surface area (Å²) in [6.07, 6.45) is 1.84. The predicted molar refractivity (Wildman–Crippen MR) is 72.3 cm³/mol. The molecule has 0 unspecified atom stereocenters. The zero-order valence-electron chi connectivity index (χ0n) is 9.48. The van der Waals surface area contributed by atoms with E-state index < -0.39 is 0 Å². The summed E-state index contributed by atoms with van der Waals surface area (Å²) in [5.41, 5.74) is 2.17. The Bertz CT molecular complexity index is 485. The van der Waals surface area contributed by atoms with Crippen LogP contribution in [-0.2, 0) is 6.54 Å². The molecule has 1 heterocycles. The maximum absolute atomic E-state index is 5.16. The first-order chi connectivity index (χ1) is 8.28. The first kappa shape index (κ1) is 11.9. The summed E-state index contributed by atoms with van der Waals surface area (Å²) >= 11 is 3.31. The molecule has 0 amide bonds. The Morgan fingerprint density at radius 2 is 2.18 bits per heavy atom. The largest absolute Gasteiger partial charge is 0.497 e. The Morgan fingerprint density at radius 1 is 1.29 bits per heavy atom. The first-order valence-corrected chi connectivity index (χ1v) is 6.05. The van der Waals surface area contributed by atoms with Crippen LogP contribution in [0.4, 0.5) is 5.69 Å². The molecule has 0 aliphatic carbocycles. The van der Waals surface area contributed by atoms with Crippen LogP contribution in [0, 0.1) is 0 Å². The van der Waals surface area contributed by atoms with Crippen LogP contribution >= 0.6 is 15.9 Å². The number of anilines is 1. The second-order valence-electron chi connectivity index (χ2n) is 3.57. The van der Waals surface area contributed by atoms with E-state index in [0.717, 1.165) is 28.1 Å². The Labute approximate surface area is 109 Å². The highest BCUT2D eigenvalue weighted by Crippen LogP contribution is 2.17. The third-order valence-electron chi connectivity index (χ3n) is 2.36. The summed E-state index contributed by atoms with van der Waals surface area (Å²) in [7, 11) is 1.66. The van der Waals surface area contributed by atoms with Gasteiger partial charge in [-0.25, -0.2) is 4.98 Å². The highest BCUT2D eigenvalue weighted by molar-refractivity contribution is 9.10. The molecule has 2 aromatic rings. The first-order valence-electron chi connectivity index (χ1n) is 5.26. The minimum absolute atomic E-state index is 0.743. The summed E-state index contributed by atoms with van der Waals surface area (Å²) in [5, 5.41) is 3.32. The number of nitrogens with zero attached hydrogens (tertiary/aromatic N) is 1. The number of halogens is 1. The average molecular weight is 293 g/mol. The fourth-order valence-electron chi connectivity index (χ4n) is 1.45. The molecule has 1 aromatic carbocycles. The van der Waals surface area contributed by atoms with Gasteiger partial charge in [0.05, 0.1) is 7.11 Å². The average Bonchev–Trinajstić information content (AvgIpc) is 2.38. The lowest BCUT2D eigenvalue weighted by molar-refractivity contribution is 0.415. The molecule has 0 saturated heterocycles. The molecule has 3 nitrogen and oxygen atoms in total. The van der Waals surface area contributed by atoms with Crippen molar-refractivity contribution in [1.29, 1.82) is 0 Å². The minimum atomic E-state index is 0.743. The van der Waals surface area contributed by atoms with E-state index in [1.165, 1.54) is 0 Å². The van der Waals surface area contributed by atoms with Crippen molar-refractivity contribution in [1.82, 2.24) is 4.98 Å². The highest BCUT2D eigenvalue weighted by atomic mass is 79.9. The number of hydrogen-bond acceptors (Lipinski definition) is 3. The summed E-state index contributed by atoms with van der Waals surface area (Å²) in [6.45, 7) is 0.743. The molecule has 0 saturated carbocycles. The van der Waals surface area contributed by atoms with Crippen molar-refractivity contribution in [3.63, 3.8) is 0 Å². The molecule has 0 spiro atoms. The van der Waals surface area contributed by atoms with Crippen LogP contribution in [0.25, 0.3) is 0 Å². The van der Waals surface area contributed by atoms with Crippen LogP contribution in [0.15, 0.2) is 47.2 Å². The number of aromatic nitrogens is 1. The molecule has 0 aliphatic rings. The van der Waals surface area contributed by atoms with Crippen molar-refractivity contribution in [3.05, 3.63) is 52.8 Å². The van der Waals surface area contributed by atoms with Gasteiger partial charge in [0.25, 0.3) is 0 Å². The number of ether oxygens (including phenoxy) is 1. The van der Waals surface area contributed by atoms with Gasteiger partial charge in [-0.1, -0.05) is 12.1 Å². The summed E-state index contributed by atoms with van der Waals surface area (Å²) < 4.78 is 6.01. The van der Waals surface area contributed by atoms with E-state index in [4.69, 9.17) is 4.74 Å². The molecular weight excluding hydrogens is 280 g/mol. The molecule has 1 N–H and O–H groups in total. The van der Waals surface area contributed by atoms with Crippen molar-refractivity contribution in [2.45, 2.75) is 6.54 Å². The number of methoxy groups -OCH3 is 1. The fraction of sp³-hybridized carbons (Fsp3) is 0.154. The van der Waals surface area contributed by atoms with Gasteiger partial charge < -0.3 is 10.1 Å². The Kier molecular flexibility index (Phi) is 3.98. The molecule has 0 bridgehead atoms. The van der Waals surface area contributed by atoms with Gasteiger partial charge in [0.2, 0.25) is 0 Å². The summed E-state index contributed by atoms with van der Waals surface area (Å²) in [4.78, 5) is 4.18. The van der Waals surface area contributed by atoms with Gasteiger partial charge in [0, 0.05) is 24.5 Å². The molecule has 17 heavy (non-hydrogen) atoms. The fourth-order valence-corrected chi connectivity index (χ4v) is 1.68. The van der Waals surface area contributed by atoms with Crippen LogP contribution in [0.2, 0.25) is 0 Å².